The minimum absolute atomic E-state index is 0.0890. The highest BCUT2D eigenvalue weighted by Crippen LogP contribution is 2.33. The van der Waals surface area contributed by atoms with E-state index in [9.17, 15) is 8.78 Å². The van der Waals surface area contributed by atoms with E-state index in [1.807, 2.05) is 50.2 Å². The first-order valence-electron chi connectivity index (χ1n) is 6.37. The smallest absolute Gasteiger partial charge is 0.173 e. The summed E-state index contributed by atoms with van der Waals surface area (Å²) >= 11 is 0. The first-order valence-corrected chi connectivity index (χ1v) is 6.37. The van der Waals surface area contributed by atoms with Gasteiger partial charge >= 0.3 is 0 Å². The molecule has 102 valence electrons. The van der Waals surface area contributed by atoms with Crippen molar-refractivity contribution in [2.75, 3.05) is 0 Å². The van der Waals surface area contributed by atoms with Gasteiger partial charge in [0.15, 0.2) is 0 Å². The third-order valence-corrected chi connectivity index (χ3v) is 3.23. The Labute approximate surface area is 118 Å². The Hall–Kier alpha value is -2.22. The molecule has 0 unspecified atom stereocenters. The summed E-state index contributed by atoms with van der Waals surface area (Å²) in [5, 5.41) is 0. The molecule has 0 heterocycles. The number of hydrogen-bond acceptors (Lipinski definition) is 0. The van der Waals surface area contributed by atoms with Crippen LogP contribution in [-0.2, 0) is 0 Å². The molecular formula is C18H16F2. The van der Waals surface area contributed by atoms with E-state index in [0.717, 1.165) is 11.1 Å². The molecule has 0 aliphatic heterocycles. The van der Waals surface area contributed by atoms with Gasteiger partial charge in [0.05, 0.1) is 5.57 Å². The van der Waals surface area contributed by atoms with Gasteiger partial charge in [-0.15, -0.1) is 0 Å². The summed E-state index contributed by atoms with van der Waals surface area (Å²) in [6.45, 7) is 7.72. The second-order valence-electron chi connectivity index (χ2n) is 4.85. The Balaban J connectivity index is 2.45. The number of rotatable bonds is 3. The molecule has 2 aromatic rings. The highest BCUT2D eigenvalue weighted by atomic mass is 19.3. The molecule has 0 aromatic heterocycles. The molecule has 0 aliphatic rings. The van der Waals surface area contributed by atoms with E-state index in [2.05, 4.69) is 6.58 Å². The molecule has 0 bridgehead atoms. The molecule has 0 nitrogen and oxygen atoms in total. The number of halogens is 2. The summed E-state index contributed by atoms with van der Waals surface area (Å²) in [6.07, 6.45) is -1.71. The topological polar surface area (TPSA) is 0 Å². The van der Waals surface area contributed by atoms with Crippen LogP contribution in [0.3, 0.4) is 0 Å². The van der Waals surface area contributed by atoms with Crippen molar-refractivity contribution in [2.45, 2.75) is 13.8 Å². The van der Waals surface area contributed by atoms with Gasteiger partial charge in [0, 0.05) is 0 Å². The molecule has 0 spiro atoms. The summed E-state index contributed by atoms with van der Waals surface area (Å²) in [5.41, 5.74) is 3.57. The molecule has 2 aromatic carbocycles. The Bertz CT molecular complexity index is 643. The first kappa shape index (κ1) is 14.2. The average Bonchev–Trinajstić information content (AvgIpc) is 2.41. The van der Waals surface area contributed by atoms with E-state index in [-0.39, 0.29) is 5.57 Å². The summed E-state index contributed by atoms with van der Waals surface area (Å²) in [7, 11) is 0. The second kappa shape index (κ2) is 5.83. The van der Waals surface area contributed by atoms with Crippen molar-refractivity contribution in [3.63, 3.8) is 0 Å². The SMILES string of the molecule is C=C(C(=C(F)F)c1ccc(C)cc1)c1ccc(C)cc1. The average molecular weight is 270 g/mol. The Kier molecular flexibility index (Phi) is 4.14. The van der Waals surface area contributed by atoms with Crippen LogP contribution < -0.4 is 0 Å². The minimum atomic E-state index is -1.71. The van der Waals surface area contributed by atoms with Gasteiger partial charge in [-0.1, -0.05) is 66.2 Å². The Morgan fingerprint density at radius 2 is 1.15 bits per heavy atom. The van der Waals surface area contributed by atoms with Gasteiger partial charge in [-0.3, -0.25) is 0 Å². The van der Waals surface area contributed by atoms with Gasteiger partial charge in [0.1, 0.15) is 0 Å². The lowest BCUT2D eigenvalue weighted by Crippen LogP contribution is -1.91. The predicted octanol–water partition coefficient (Wildman–Crippen LogP) is 5.62. The van der Waals surface area contributed by atoms with Crippen molar-refractivity contribution in [3.05, 3.63) is 83.4 Å². The lowest BCUT2D eigenvalue weighted by Gasteiger charge is -2.11. The number of allylic oxidation sites excluding steroid dienone is 2. The Morgan fingerprint density at radius 1 is 0.750 bits per heavy atom. The van der Waals surface area contributed by atoms with E-state index in [1.165, 1.54) is 0 Å². The largest absolute Gasteiger partial charge is 0.278 e. The van der Waals surface area contributed by atoms with Crippen molar-refractivity contribution < 1.29 is 8.78 Å². The zero-order valence-electron chi connectivity index (χ0n) is 11.6. The monoisotopic (exact) mass is 270 g/mol. The third-order valence-electron chi connectivity index (χ3n) is 3.23. The van der Waals surface area contributed by atoms with Gasteiger partial charge < -0.3 is 0 Å². The molecule has 20 heavy (non-hydrogen) atoms. The molecule has 0 N–H and O–H groups in total. The maximum absolute atomic E-state index is 13.3. The van der Waals surface area contributed by atoms with Crippen molar-refractivity contribution in [1.82, 2.24) is 0 Å². The number of benzene rings is 2. The minimum Gasteiger partial charge on any atom is -0.173 e. The summed E-state index contributed by atoms with van der Waals surface area (Å²) in [6, 6.07) is 14.4. The Morgan fingerprint density at radius 3 is 1.55 bits per heavy atom. The lowest BCUT2D eigenvalue weighted by molar-refractivity contribution is 0.427. The van der Waals surface area contributed by atoms with Crippen molar-refractivity contribution in [3.8, 4) is 0 Å². The molecule has 0 saturated heterocycles. The van der Waals surface area contributed by atoms with Crippen LogP contribution in [0, 0.1) is 13.8 Å². The highest BCUT2D eigenvalue weighted by molar-refractivity contribution is 6.04. The van der Waals surface area contributed by atoms with Gasteiger partial charge in [0.25, 0.3) is 6.08 Å². The summed E-state index contributed by atoms with van der Waals surface area (Å²) < 4.78 is 26.6. The molecular weight excluding hydrogens is 254 g/mol. The molecule has 2 rings (SSSR count). The van der Waals surface area contributed by atoms with Crippen LogP contribution in [0.1, 0.15) is 22.3 Å². The van der Waals surface area contributed by atoms with Gasteiger partial charge in [0.2, 0.25) is 0 Å². The second-order valence-corrected chi connectivity index (χ2v) is 4.85. The van der Waals surface area contributed by atoms with Gasteiger partial charge in [-0.2, -0.15) is 8.78 Å². The van der Waals surface area contributed by atoms with E-state index in [1.54, 1.807) is 12.1 Å². The molecule has 0 atom stereocenters. The van der Waals surface area contributed by atoms with Crippen LogP contribution in [-0.4, -0.2) is 0 Å². The van der Waals surface area contributed by atoms with Crippen LogP contribution in [0.15, 0.2) is 61.2 Å². The molecule has 2 heteroatoms. The van der Waals surface area contributed by atoms with Crippen molar-refractivity contribution in [2.24, 2.45) is 0 Å². The molecule has 0 radical (unpaired) electrons. The summed E-state index contributed by atoms with van der Waals surface area (Å²) in [5.74, 6) is 0. The van der Waals surface area contributed by atoms with Gasteiger partial charge in [-0.05, 0) is 30.5 Å². The third kappa shape index (κ3) is 3.02. The van der Waals surface area contributed by atoms with Crippen molar-refractivity contribution >= 4 is 11.1 Å². The van der Waals surface area contributed by atoms with E-state index in [0.29, 0.717) is 16.7 Å². The molecule has 0 fully saturated rings. The van der Waals surface area contributed by atoms with Crippen LogP contribution in [0.5, 0.6) is 0 Å². The quantitative estimate of drug-likeness (QED) is 0.634. The fraction of sp³-hybridized carbons (Fsp3) is 0.111. The van der Waals surface area contributed by atoms with Gasteiger partial charge in [-0.25, -0.2) is 0 Å². The predicted molar refractivity (Wildman–Crippen MR) is 80.5 cm³/mol. The fourth-order valence-electron chi connectivity index (χ4n) is 2.02. The molecule has 0 saturated carbocycles. The van der Waals surface area contributed by atoms with E-state index >= 15 is 0 Å². The zero-order valence-corrected chi connectivity index (χ0v) is 11.6. The first-order chi connectivity index (χ1) is 9.49. The number of aryl methyl sites for hydroxylation is 2. The summed E-state index contributed by atoms with van der Waals surface area (Å²) in [4.78, 5) is 0. The molecule has 0 aliphatic carbocycles. The van der Waals surface area contributed by atoms with Crippen molar-refractivity contribution in [1.29, 1.82) is 0 Å². The lowest BCUT2D eigenvalue weighted by atomic mass is 9.93. The van der Waals surface area contributed by atoms with Crippen LogP contribution in [0.2, 0.25) is 0 Å². The van der Waals surface area contributed by atoms with Crippen LogP contribution in [0.4, 0.5) is 8.78 Å². The maximum atomic E-state index is 13.3. The van der Waals surface area contributed by atoms with Crippen LogP contribution >= 0.6 is 0 Å². The molecule has 0 amide bonds. The van der Waals surface area contributed by atoms with E-state index in [4.69, 9.17) is 0 Å². The highest BCUT2D eigenvalue weighted by Gasteiger charge is 2.14. The van der Waals surface area contributed by atoms with Crippen LogP contribution in [0.25, 0.3) is 11.1 Å². The fourth-order valence-corrected chi connectivity index (χ4v) is 2.02. The normalized spacial score (nSPS) is 10.2. The number of hydrogen-bond donors (Lipinski definition) is 0. The van der Waals surface area contributed by atoms with E-state index < -0.39 is 6.08 Å². The standard InChI is InChI=1S/C18H16F2/c1-12-4-8-15(9-5-12)14(3)17(18(19)20)16-10-6-13(2)7-11-16/h4-11H,3H2,1-2H3. The maximum Gasteiger partial charge on any atom is 0.278 e. The zero-order chi connectivity index (χ0) is 14.7.